The first-order chi connectivity index (χ1) is 66.9. The third-order valence-corrected chi connectivity index (χ3v) is 28.5. The van der Waals surface area contributed by atoms with E-state index in [0.29, 0.717) is 19.0 Å². The minimum Gasteiger partial charge on any atom is -0.478 e. The molecule has 0 spiro atoms. The molecule has 4 atom stereocenters. The fraction of sp³-hybridized carbons (Fsp3) is 0.614. The number of aromatic nitrogens is 8. The van der Waals surface area contributed by atoms with Crippen molar-refractivity contribution in [2.45, 2.75) is 344 Å². The van der Waals surface area contributed by atoms with Crippen LogP contribution >= 0.6 is 0 Å². The number of aliphatic carboxylic acids is 2. The molecule has 0 radical (unpaired) electrons. The van der Waals surface area contributed by atoms with Crippen LogP contribution in [0.4, 0.5) is 0 Å². The van der Waals surface area contributed by atoms with Crippen molar-refractivity contribution in [2.24, 2.45) is 88.8 Å². The summed E-state index contributed by atoms with van der Waals surface area (Å²) in [5.41, 5.74) is 9.19. The predicted molar refractivity (Wildman–Crippen MR) is 575 cm³/mol. The number of imidazole rings is 4. The molecule has 6 aromatic rings. The van der Waals surface area contributed by atoms with E-state index in [1.807, 2.05) is 107 Å². The number of nitrogens with zero attached hydrogens (tertiary/aromatic N) is 12. The molecule has 14 rings (SSSR count). The molecule has 4 aromatic heterocycles. The van der Waals surface area contributed by atoms with E-state index < -0.39 is 11.9 Å². The maximum Gasteiger partial charge on any atom is 0.346 e. The number of carboxylic acid groups (broad SMARTS) is 2. The molecule has 22 nitrogen and oxygen atoms in total. The van der Waals surface area contributed by atoms with Gasteiger partial charge in [-0.2, -0.15) is 0 Å². The molecule has 2 aromatic carbocycles. The van der Waals surface area contributed by atoms with Gasteiger partial charge in [0.15, 0.2) is 24.7 Å². The van der Waals surface area contributed by atoms with Crippen molar-refractivity contribution in [1.29, 1.82) is 0 Å². The monoisotopic (exact) mass is 1920 g/mol. The summed E-state index contributed by atoms with van der Waals surface area (Å²) in [5.74, 6) is 11.9. The van der Waals surface area contributed by atoms with E-state index in [4.69, 9.17) is 30.3 Å². The van der Waals surface area contributed by atoms with Gasteiger partial charge in [-0.1, -0.05) is 107 Å². The largest absolute Gasteiger partial charge is 0.478 e. The molecule has 8 heterocycles. The van der Waals surface area contributed by atoms with Crippen molar-refractivity contribution >= 4 is 98.7 Å². The van der Waals surface area contributed by atoms with Crippen molar-refractivity contribution in [1.82, 2.24) is 18.3 Å². The molecule has 4 unspecified atom stereocenters. The minimum absolute atomic E-state index is 0.000707. The van der Waals surface area contributed by atoms with Crippen LogP contribution in [-0.4, -0.2) is 185 Å². The first-order valence-corrected chi connectivity index (χ1v) is 53.2. The number of Topliss-reactive ketones (excluding diaryl/α,β-unsaturated/α-hetero) is 2. The first-order valence-electron chi connectivity index (χ1n) is 53.2. The molecule has 0 saturated heterocycles. The maximum atomic E-state index is 11.1. The van der Waals surface area contributed by atoms with Gasteiger partial charge in [0.05, 0.1) is 19.6 Å². The van der Waals surface area contributed by atoms with E-state index in [1.54, 1.807) is 29.2 Å². The normalized spacial score (nSPS) is 20.8. The van der Waals surface area contributed by atoms with Gasteiger partial charge >= 0.3 is 414 Å². The van der Waals surface area contributed by atoms with Crippen LogP contribution in [0, 0.1) is 88.8 Å². The fourth-order valence-corrected chi connectivity index (χ4v) is 19.3. The summed E-state index contributed by atoms with van der Waals surface area (Å²) >= 11 is 0. The van der Waals surface area contributed by atoms with Gasteiger partial charge in [-0.3, -0.25) is 9.59 Å². The molecule has 4 aliphatic carbocycles. The number of carbonyl (C=O) groups is 4. The molecule has 4 fully saturated rings. The van der Waals surface area contributed by atoms with Crippen LogP contribution in [-0.2, 0) is 84.5 Å². The summed E-state index contributed by atoms with van der Waals surface area (Å²) in [6.07, 6.45) is 78.3. The van der Waals surface area contributed by atoms with Crippen molar-refractivity contribution in [3.63, 3.8) is 0 Å². The quantitative estimate of drug-likeness (QED) is 0.0161. The smallest absolute Gasteiger partial charge is 0.346 e. The number of benzene rings is 2. The molecule has 140 heavy (non-hydrogen) atoms. The van der Waals surface area contributed by atoms with Crippen LogP contribution < -0.4 is 18.3 Å². The fourth-order valence-electron chi connectivity index (χ4n) is 19.3. The van der Waals surface area contributed by atoms with Gasteiger partial charge < -0.3 is 10.2 Å². The van der Waals surface area contributed by atoms with Crippen LogP contribution in [0.15, 0.2) is 173 Å². The number of ketones is 2. The summed E-state index contributed by atoms with van der Waals surface area (Å²) in [7, 11) is 4.76. The molecule has 6 N–H and O–H groups in total. The summed E-state index contributed by atoms with van der Waals surface area (Å²) in [5, 5.41) is 53.0. The molecule has 26 heteroatoms. The number of hydrogen-bond acceptors (Lipinski definition) is 8. The van der Waals surface area contributed by atoms with E-state index in [-0.39, 0.29) is 24.7 Å². The van der Waals surface area contributed by atoms with E-state index in [1.165, 1.54) is 179 Å². The second kappa shape index (κ2) is 63.9. The topological polar surface area (TPSA) is 237 Å². The van der Waals surface area contributed by atoms with E-state index >= 15 is 0 Å². The molecule has 0 bridgehead atoms. The number of hydrogen-bond donors (Lipinski definition) is 6. The van der Waals surface area contributed by atoms with Gasteiger partial charge in [0.25, 0.3) is 0 Å². The van der Waals surface area contributed by atoms with Crippen LogP contribution in [0.3, 0.4) is 0 Å². The Balaban J connectivity index is 0.000000218. The average Bonchev–Trinajstić information content (AvgIpc) is 1.77. The molecule has 4 saturated carbocycles. The minimum atomic E-state index is -0.830. The van der Waals surface area contributed by atoms with Crippen molar-refractivity contribution in [3.05, 3.63) is 195 Å². The van der Waals surface area contributed by atoms with E-state index in [0.717, 1.165) is 189 Å². The predicted octanol–water partition coefficient (Wildman–Crippen LogP) is 16.4. The maximum absolute atomic E-state index is 11.1. The SMILES string of the molecule is CC(=O)C[n+]1ccn(CC2CCC(C(C)C)C2)c1.CC(=O)C[n+]1ccn(CCC(C)C)c1.CC(C)C1CCC(C[N+]2=CCC(=BO)C=C2)C1.CC(C)C1CCC(Cn2cc[n+](CC(=O)O)c2)CC1.CC(C)CCC1CCC(C[N+]2=CCC(=BO)C=C2)CC1.CC(C)CC[N+]1=CCC(=BO)C=C1.CC(C)CCc1ccc(C[N+]2=CCC(=BO)C=C2)cc1.CC(C)c1ccc(C[n+]2ccn(CC(=O)O)c2)cc1. The van der Waals surface area contributed by atoms with Gasteiger partial charge in [-0.25, -0.2) is 46.1 Å². The number of aryl methyl sites for hydroxylation is 2. The molecular formula is C114H180B4N12O10+8. The Morgan fingerprint density at radius 1 is 0.371 bits per heavy atom. The summed E-state index contributed by atoms with van der Waals surface area (Å²) in [6, 6.07) is 17.5. The Bertz CT molecular complexity index is 5070. The standard InChI is InChI=1S/C17H29BNO.C17H23BNO.C15H24N2O2.C15H18N2O2.C15H25N2O.C14H23BNO.C11H19N2O.C10H17BNO/c2*1-14(2)3-4-15-5-7-16(8-6-15)13-19-11-9-17(18-20)10-12-19;2*1-12(2)14-5-3-13(4-6-14)9-16-7-8-17(11-16)10-15(18)19;1-12(2)15-5-4-14(8-15)10-17-7-6-16(11-17)9-13(3)18;1-11(2)13-4-3-12(9-13)10-16-7-5-14(15-17)6-8-16;1-10(2)4-5-12-6-7-13(9-12)8-11(3)14;1-9(2)3-6-12-7-4-10(11-13)5-8-12/h9,11-12,14-16,20H,3-8,10,13H2,1-2H3;5-9,11-12,14,20H,3-4,10,13H2,1-2H3;7-8,11-14H,3-6,9-10H2,1-2H3;3-8,11-12H,9-10H2,1-2H3;6-7,11-12,14-15H,4-5,8-10H2,1-3H3;5,7-8,11-13,17H,3-4,6,9-10H2,1-2H3;6-7,9-10H,4-5,8H2,1-3H3;4,7-9,13H,3,5-6H2,1-2H3/q2*+1;;;4*+1/p+2. The number of allylic oxidation sites excluding steroid dienone is 4. The molecular weight excluding hydrogens is 1740 g/mol. The summed E-state index contributed by atoms with van der Waals surface area (Å²) < 4.78 is 24.7. The average molecular weight is 1920 g/mol. The number of carbonyl (C=O) groups excluding carboxylic acids is 2. The van der Waals surface area contributed by atoms with Crippen molar-refractivity contribution < 1.29 is 86.1 Å². The third-order valence-electron chi connectivity index (χ3n) is 28.5. The van der Waals surface area contributed by atoms with E-state index in [2.05, 4.69) is 241 Å². The zero-order valence-corrected chi connectivity index (χ0v) is 89.2. The van der Waals surface area contributed by atoms with Crippen molar-refractivity contribution in [2.75, 3.05) is 19.6 Å². The molecule has 0 amide bonds. The third kappa shape index (κ3) is 47.8. The zero-order chi connectivity index (χ0) is 102. The van der Waals surface area contributed by atoms with Crippen LogP contribution in [0.25, 0.3) is 0 Å². The van der Waals surface area contributed by atoms with Crippen LogP contribution in [0.5, 0.6) is 0 Å². The van der Waals surface area contributed by atoms with Gasteiger partial charge in [-0.05, 0) is 124 Å². The Labute approximate surface area is 844 Å². The zero-order valence-electron chi connectivity index (χ0n) is 89.2. The second-order valence-corrected chi connectivity index (χ2v) is 44.0. The Morgan fingerprint density at radius 3 is 1.19 bits per heavy atom. The van der Waals surface area contributed by atoms with E-state index in [9.17, 15) is 19.2 Å². The Morgan fingerprint density at radius 2 is 0.750 bits per heavy atom. The van der Waals surface area contributed by atoms with Gasteiger partial charge in [0.2, 0.25) is 25.3 Å². The molecule has 4 aliphatic heterocycles. The van der Waals surface area contributed by atoms with Gasteiger partial charge in [-0.15, -0.1) is 0 Å². The van der Waals surface area contributed by atoms with Crippen LogP contribution in [0.1, 0.15) is 300 Å². The Hall–Kier alpha value is -9.86. The molecule has 8 aliphatic rings. The second-order valence-electron chi connectivity index (χ2n) is 44.0. The number of rotatable bonds is 36. The van der Waals surface area contributed by atoms with Crippen molar-refractivity contribution in [3.8, 4) is 0 Å². The first kappa shape index (κ1) is 117. The van der Waals surface area contributed by atoms with Crippen LogP contribution in [0.2, 0.25) is 0 Å². The summed E-state index contributed by atoms with van der Waals surface area (Å²) in [4.78, 5) is 43.2. The molecule has 760 valence electrons. The Kier molecular flexibility index (Phi) is 53.5. The summed E-state index contributed by atoms with van der Waals surface area (Å²) in [6.45, 7) is 48.9. The van der Waals surface area contributed by atoms with Gasteiger partial charge in [0.1, 0.15) is 69.2 Å². The van der Waals surface area contributed by atoms with Gasteiger partial charge in [0, 0.05) is 0 Å². The number of carboxylic acids is 2.